The first-order valence-electron chi connectivity index (χ1n) is 4.23. The van der Waals surface area contributed by atoms with Gasteiger partial charge in [-0.3, -0.25) is 0 Å². The molecule has 0 saturated carbocycles. The summed E-state index contributed by atoms with van der Waals surface area (Å²) in [5.74, 6) is -2.44. The van der Waals surface area contributed by atoms with Crippen LogP contribution in [-0.2, 0) is 0 Å². The number of hydrogen-bond donors (Lipinski definition) is 1. The molecule has 0 radical (unpaired) electrons. The number of nitriles is 1. The van der Waals surface area contributed by atoms with Crippen LogP contribution in [-0.4, -0.2) is 10.9 Å². The van der Waals surface area contributed by atoms with E-state index >= 15 is 0 Å². The van der Waals surface area contributed by atoms with Gasteiger partial charge in [0.15, 0.2) is 0 Å². The van der Waals surface area contributed by atoms with E-state index in [4.69, 9.17) is 5.26 Å². The monoisotopic (exact) mass is 229 g/mol. The lowest BCUT2D eigenvalue weighted by molar-refractivity contribution is 0.183. The highest BCUT2D eigenvalue weighted by atomic mass is 32.2. The van der Waals surface area contributed by atoms with Gasteiger partial charge in [0, 0.05) is 4.90 Å². The van der Waals surface area contributed by atoms with Crippen LogP contribution in [0.1, 0.15) is 18.1 Å². The molecule has 2 nitrogen and oxygen atoms in total. The summed E-state index contributed by atoms with van der Waals surface area (Å²) in [5, 5.41) is 17.8. The molecule has 0 heterocycles. The fraction of sp³-hybridized carbons (Fsp3) is 0.300. The van der Waals surface area contributed by atoms with Crippen molar-refractivity contribution in [3.63, 3.8) is 0 Å². The number of aliphatic hydroxyl groups excluding tert-OH is 1. The molecule has 1 N–H and O–H groups in total. The molecule has 0 saturated heterocycles. The van der Waals surface area contributed by atoms with Gasteiger partial charge < -0.3 is 5.11 Å². The summed E-state index contributed by atoms with van der Waals surface area (Å²) in [4.78, 5) is 0.443. The van der Waals surface area contributed by atoms with Crippen LogP contribution in [0.2, 0.25) is 0 Å². The van der Waals surface area contributed by atoms with Gasteiger partial charge in [0.25, 0.3) is 5.76 Å². The van der Waals surface area contributed by atoms with Gasteiger partial charge in [0.2, 0.25) is 0 Å². The lowest BCUT2D eigenvalue weighted by Crippen LogP contribution is -1.95. The number of hydrogen-bond acceptors (Lipinski definition) is 3. The Morgan fingerprint density at radius 3 is 2.40 bits per heavy atom. The molecular formula is C10H9F2NOS. The van der Waals surface area contributed by atoms with Crippen LogP contribution in [0.4, 0.5) is 8.78 Å². The largest absolute Gasteiger partial charge is 0.387 e. The first-order chi connectivity index (χ1) is 7.13. The normalized spacial score (nSPS) is 12.5. The summed E-state index contributed by atoms with van der Waals surface area (Å²) in [6.45, 7) is 0. The lowest BCUT2D eigenvalue weighted by atomic mass is 10.1. The third-order valence-electron chi connectivity index (χ3n) is 1.77. The van der Waals surface area contributed by atoms with E-state index in [9.17, 15) is 13.9 Å². The molecule has 80 valence electrons. The van der Waals surface area contributed by atoms with Crippen molar-refractivity contribution in [1.29, 1.82) is 5.26 Å². The van der Waals surface area contributed by atoms with Gasteiger partial charge in [-0.25, -0.2) is 0 Å². The van der Waals surface area contributed by atoms with Crippen molar-refractivity contribution >= 4 is 11.8 Å². The second-order valence-corrected chi connectivity index (χ2v) is 3.89. The van der Waals surface area contributed by atoms with E-state index in [1.54, 1.807) is 12.1 Å². The molecule has 1 aromatic rings. The van der Waals surface area contributed by atoms with Crippen molar-refractivity contribution in [2.75, 3.05) is 0 Å². The fourth-order valence-electron chi connectivity index (χ4n) is 1.08. The first kappa shape index (κ1) is 12.0. The van der Waals surface area contributed by atoms with Gasteiger partial charge in [-0.05, 0) is 17.7 Å². The smallest absolute Gasteiger partial charge is 0.288 e. The minimum Gasteiger partial charge on any atom is -0.387 e. The van der Waals surface area contributed by atoms with Crippen LogP contribution in [0.25, 0.3) is 0 Å². The highest BCUT2D eigenvalue weighted by Gasteiger charge is 2.08. The maximum absolute atomic E-state index is 12.0. The Bertz CT molecular complexity index is 347. The van der Waals surface area contributed by atoms with Gasteiger partial charge in [-0.1, -0.05) is 23.9 Å². The Kier molecular flexibility index (Phi) is 4.53. The molecule has 1 aromatic carbocycles. The zero-order valence-electron chi connectivity index (χ0n) is 7.73. The first-order valence-corrected chi connectivity index (χ1v) is 5.11. The molecule has 0 bridgehead atoms. The van der Waals surface area contributed by atoms with Crippen LogP contribution < -0.4 is 0 Å². The second kappa shape index (κ2) is 5.69. The highest BCUT2D eigenvalue weighted by molar-refractivity contribution is 7.99. The molecular weight excluding hydrogens is 220 g/mol. The maximum Gasteiger partial charge on any atom is 0.288 e. The van der Waals surface area contributed by atoms with Crippen LogP contribution in [0, 0.1) is 11.3 Å². The molecule has 0 aliphatic carbocycles. The average Bonchev–Trinajstić information content (AvgIpc) is 2.18. The molecule has 1 rings (SSSR count). The third-order valence-corrected chi connectivity index (χ3v) is 2.50. The van der Waals surface area contributed by atoms with Crippen LogP contribution in [0.15, 0.2) is 29.2 Å². The van der Waals surface area contributed by atoms with E-state index in [-0.39, 0.29) is 6.42 Å². The van der Waals surface area contributed by atoms with E-state index in [1.807, 2.05) is 6.07 Å². The van der Waals surface area contributed by atoms with Crippen molar-refractivity contribution in [2.24, 2.45) is 0 Å². The van der Waals surface area contributed by atoms with Crippen molar-refractivity contribution in [3.05, 3.63) is 29.8 Å². The number of benzene rings is 1. The summed E-state index contributed by atoms with van der Waals surface area (Å²) in [6.07, 6.45) is -0.845. The Labute approximate surface area is 90.5 Å². The zero-order valence-corrected chi connectivity index (χ0v) is 8.55. The van der Waals surface area contributed by atoms with Gasteiger partial charge in [0.1, 0.15) is 0 Å². The minimum atomic E-state index is -2.44. The predicted molar refractivity (Wildman–Crippen MR) is 53.5 cm³/mol. The van der Waals surface area contributed by atoms with Gasteiger partial charge in [-0.2, -0.15) is 14.0 Å². The molecule has 0 spiro atoms. The Morgan fingerprint density at radius 1 is 1.33 bits per heavy atom. The Morgan fingerprint density at radius 2 is 1.93 bits per heavy atom. The summed E-state index contributed by atoms with van der Waals surface area (Å²) in [7, 11) is 0. The van der Waals surface area contributed by atoms with Gasteiger partial charge in [-0.15, -0.1) is 0 Å². The predicted octanol–water partition coefficient (Wildman–Crippen LogP) is 2.95. The van der Waals surface area contributed by atoms with Crippen molar-refractivity contribution in [2.45, 2.75) is 23.2 Å². The number of alkyl halides is 2. The molecule has 0 fully saturated rings. The third kappa shape index (κ3) is 3.86. The summed E-state index contributed by atoms with van der Waals surface area (Å²) >= 11 is 0.452. The molecule has 15 heavy (non-hydrogen) atoms. The molecule has 0 aliphatic rings. The summed E-state index contributed by atoms with van der Waals surface area (Å²) in [5.41, 5.74) is 0.565. The molecule has 0 amide bonds. The molecule has 1 atom stereocenters. The highest BCUT2D eigenvalue weighted by Crippen LogP contribution is 2.26. The maximum atomic E-state index is 12.0. The van der Waals surface area contributed by atoms with Crippen LogP contribution in [0.3, 0.4) is 0 Å². The van der Waals surface area contributed by atoms with Crippen molar-refractivity contribution in [3.8, 4) is 6.07 Å². The molecule has 1 unspecified atom stereocenters. The number of aliphatic hydroxyl groups is 1. The van der Waals surface area contributed by atoms with Crippen LogP contribution >= 0.6 is 11.8 Å². The molecule has 5 heteroatoms. The number of halogens is 2. The number of nitrogens with zero attached hydrogens (tertiary/aromatic N) is 1. The quantitative estimate of drug-likeness (QED) is 0.807. The average molecular weight is 229 g/mol. The Hall–Kier alpha value is -1.12. The molecule has 0 aromatic heterocycles. The standard InChI is InChI=1S/C10H9F2NOS/c11-10(12)15-8-3-1-7(2-4-8)9(14)5-6-13/h1-4,9-10,14H,5H2. The lowest BCUT2D eigenvalue weighted by Gasteiger charge is -2.07. The topological polar surface area (TPSA) is 44.0 Å². The zero-order chi connectivity index (χ0) is 11.3. The van der Waals surface area contributed by atoms with E-state index in [0.717, 1.165) is 0 Å². The second-order valence-electron chi connectivity index (χ2n) is 2.83. The van der Waals surface area contributed by atoms with E-state index in [2.05, 4.69) is 0 Å². The van der Waals surface area contributed by atoms with Gasteiger partial charge >= 0.3 is 0 Å². The van der Waals surface area contributed by atoms with E-state index in [1.165, 1.54) is 12.1 Å². The van der Waals surface area contributed by atoms with E-state index in [0.29, 0.717) is 22.2 Å². The fourth-order valence-corrected chi connectivity index (χ4v) is 1.57. The van der Waals surface area contributed by atoms with Crippen molar-refractivity contribution < 1.29 is 13.9 Å². The summed E-state index contributed by atoms with van der Waals surface area (Å²) < 4.78 is 23.9. The Balaban J connectivity index is 2.68. The number of thioether (sulfide) groups is 1. The minimum absolute atomic E-state index is 0.00133. The number of rotatable bonds is 4. The van der Waals surface area contributed by atoms with E-state index < -0.39 is 11.9 Å². The SMILES string of the molecule is N#CCC(O)c1ccc(SC(F)F)cc1. The summed E-state index contributed by atoms with van der Waals surface area (Å²) in [6, 6.07) is 7.95. The van der Waals surface area contributed by atoms with Crippen molar-refractivity contribution in [1.82, 2.24) is 0 Å². The van der Waals surface area contributed by atoms with Gasteiger partial charge in [0.05, 0.1) is 18.6 Å². The van der Waals surface area contributed by atoms with Crippen LogP contribution in [0.5, 0.6) is 0 Å². The molecule has 0 aliphatic heterocycles.